The molecule has 0 saturated heterocycles. The van der Waals surface area contributed by atoms with Crippen LogP contribution in [-0.4, -0.2) is 24.3 Å². The second-order valence-corrected chi connectivity index (χ2v) is 5.96. The normalized spacial score (nSPS) is 10.9. The summed E-state index contributed by atoms with van der Waals surface area (Å²) in [6.45, 7) is 5.22. The molecule has 2 rings (SSSR count). The third-order valence-corrected chi connectivity index (χ3v) is 3.86. The van der Waals surface area contributed by atoms with Gasteiger partial charge in [-0.2, -0.15) is 0 Å². The number of nitrogens with zero attached hydrogens (tertiary/aromatic N) is 1. The number of hydrogen-bond acceptors (Lipinski definition) is 2. The number of ketones is 1. The highest BCUT2D eigenvalue weighted by Crippen LogP contribution is 2.13. The predicted octanol–water partition coefficient (Wildman–Crippen LogP) is 4.27. The Bertz CT molecular complexity index is 634. The van der Waals surface area contributed by atoms with Crippen molar-refractivity contribution < 1.29 is 4.79 Å². The van der Waals surface area contributed by atoms with Gasteiger partial charge in [0.1, 0.15) is 0 Å². The Morgan fingerprint density at radius 3 is 2.33 bits per heavy atom. The lowest BCUT2D eigenvalue weighted by molar-refractivity contribution is 0.0943. The molecule has 0 radical (unpaired) electrons. The topological polar surface area (TPSA) is 20.3 Å². The molecule has 0 spiro atoms. The molecule has 0 bridgehead atoms. The third kappa shape index (κ3) is 4.42. The van der Waals surface area contributed by atoms with Gasteiger partial charge in [-0.05, 0) is 55.8 Å². The van der Waals surface area contributed by atoms with Crippen molar-refractivity contribution in [2.75, 3.05) is 13.6 Å². The summed E-state index contributed by atoms with van der Waals surface area (Å²) in [6, 6.07) is 13.6. The molecule has 3 heteroatoms. The maximum atomic E-state index is 12.3. The van der Waals surface area contributed by atoms with Crippen molar-refractivity contribution in [3.05, 3.63) is 69.7 Å². The van der Waals surface area contributed by atoms with Crippen molar-refractivity contribution in [2.24, 2.45) is 0 Å². The molecule has 21 heavy (non-hydrogen) atoms. The number of rotatable bonds is 5. The highest BCUT2D eigenvalue weighted by atomic mass is 35.5. The molecule has 0 saturated carbocycles. The van der Waals surface area contributed by atoms with Crippen LogP contribution >= 0.6 is 11.6 Å². The second kappa shape index (κ2) is 6.88. The SMILES string of the molecule is Cc1ccc(C(=O)CN(C)Cc2ccc(Cl)cc2)cc1C. The van der Waals surface area contributed by atoms with Gasteiger partial charge in [0.2, 0.25) is 0 Å². The summed E-state index contributed by atoms with van der Waals surface area (Å²) >= 11 is 5.87. The fraction of sp³-hybridized carbons (Fsp3) is 0.278. The number of likely N-dealkylation sites (N-methyl/N-ethyl adjacent to an activating group) is 1. The van der Waals surface area contributed by atoms with E-state index in [4.69, 9.17) is 11.6 Å². The van der Waals surface area contributed by atoms with Crippen LogP contribution in [0.5, 0.6) is 0 Å². The van der Waals surface area contributed by atoms with Gasteiger partial charge in [-0.1, -0.05) is 35.9 Å². The molecule has 0 aliphatic rings. The fourth-order valence-electron chi connectivity index (χ4n) is 2.21. The zero-order valence-electron chi connectivity index (χ0n) is 12.7. The predicted molar refractivity (Wildman–Crippen MR) is 88.0 cm³/mol. The summed E-state index contributed by atoms with van der Waals surface area (Å²) < 4.78 is 0. The number of aryl methyl sites for hydroxylation is 2. The van der Waals surface area contributed by atoms with Crippen LogP contribution in [0.25, 0.3) is 0 Å². The van der Waals surface area contributed by atoms with Crippen LogP contribution in [-0.2, 0) is 6.54 Å². The Morgan fingerprint density at radius 2 is 1.71 bits per heavy atom. The van der Waals surface area contributed by atoms with E-state index in [-0.39, 0.29) is 5.78 Å². The first kappa shape index (κ1) is 15.7. The van der Waals surface area contributed by atoms with Gasteiger partial charge in [0.25, 0.3) is 0 Å². The number of carbonyl (C=O) groups excluding carboxylic acids is 1. The van der Waals surface area contributed by atoms with E-state index in [1.807, 2.05) is 61.3 Å². The maximum Gasteiger partial charge on any atom is 0.176 e. The summed E-state index contributed by atoms with van der Waals surface area (Å²) in [4.78, 5) is 14.3. The molecule has 0 aliphatic heterocycles. The monoisotopic (exact) mass is 301 g/mol. The van der Waals surface area contributed by atoms with Gasteiger partial charge in [-0.25, -0.2) is 0 Å². The van der Waals surface area contributed by atoms with E-state index in [1.54, 1.807) is 0 Å². The smallest absolute Gasteiger partial charge is 0.176 e. The molecule has 0 amide bonds. The lowest BCUT2D eigenvalue weighted by Gasteiger charge is -2.16. The summed E-state index contributed by atoms with van der Waals surface area (Å²) in [5.41, 5.74) is 4.29. The highest BCUT2D eigenvalue weighted by Gasteiger charge is 2.10. The van der Waals surface area contributed by atoms with Gasteiger partial charge in [0.05, 0.1) is 6.54 Å². The zero-order chi connectivity index (χ0) is 15.4. The Morgan fingerprint density at radius 1 is 1.05 bits per heavy atom. The first-order valence-electron chi connectivity index (χ1n) is 6.99. The van der Waals surface area contributed by atoms with Gasteiger partial charge < -0.3 is 0 Å². The molecular formula is C18H20ClNO. The third-order valence-electron chi connectivity index (χ3n) is 3.61. The highest BCUT2D eigenvalue weighted by molar-refractivity contribution is 6.30. The van der Waals surface area contributed by atoms with Crippen molar-refractivity contribution in [1.82, 2.24) is 4.90 Å². The lowest BCUT2D eigenvalue weighted by atomic mass is 10.0. The van der Waals surface area contributed by atoms with Crippen LogP contribution in [0.2, 0.25) is 5.02 Å². The van der Waals surface area contributed by atoms with Gasteiger partial charge in [-0.15, -0.1) is 0 Å². The van der Waals surface area contributed by atoms with E-state index in [0.717, 1.165) is 28.3 Å². The largest absolute Gasteiger partial charge is 0.295 e. The molecule has 0 N–H and O–H groups in total. The molecule has 0 fully saturated rings. The second-order valence-electron chi connectivity index (χ2n) is 5.52. The number of hydrogen-bond donors (Lipinski definition) is 0. The molecule has 0 aromatic heterocycles. The van der Waals surface area contributed by atoms with Crippen LogP contribution < -0.4 is 0 Å². The van der Waals surface area contributed by atoms with E-state index in [9.17, 15) is 4.79 Å². The lowest BCUT2D eigenvalue weighted by Crippen LogP contribution is -2.25. The summed E-state index contributed by atoms with van der Waals surface area (Å²) in [6.07, 6.45) is 0. The zero-order valence-corrected chi connectivity index (χ0v) is 13.4. The quantitative estimate of drug-likeness (QED) is 0.769. The Kier molecular flexibility index (Phi) is 5.16. The molecule has 2 aromatic rings. The van der Waals surface area contributed by atoms with E-state index in [0.29, 0.717) is 6.54 Å². The maximum absolute atomic E-state index is 12.3. The van der Waals surface area contributed by atoms with E-state index < -0.39 is 0 Å². The first-order valence-corrected chi connectivity index (χ1v) is 7.37. The van der Waals surface area contributed by atoms with E-state index >= 15 is 0 Å². The fourth-order valence-corrected chi connectivity index (χ4v) is 2.33. The minimum atomic E-state index is 0.148. The average molecular weight is 302 g/mol. The van der Waals surface area contributed by atoms with Crippen molar-refractivity contribution in [2.45, 2.75) is 20.4 Å². The van der Waals surface area contributed by atoms with Crippen LogP contribution in [0, 0.1) is 13.8 Å². The van der Waals surface area contributed by atoms with E-state index in [1.165, 1.54) is 5.56 Å². The molecule has 110 valence electrons. The standard InChI is InChI=1S/C18H20ClNO/c1-13-4-7-16(10-14(13)2)18(21)12-20(3)11-15-5-8-17(19)9-6-15/h4-10H,11-12H2,1-3H3. The van der Waals surface area contributed by atoms with Crippen LogP contribution in [0.4, 0.5) is 0 Å². The first-order chi connectivity index (χ1) is 9.95. The van der Waals surface area contributed by atoms with Crippen molar-refractivity contribution in [1.29, 1.82) is 0 Å². The molecule has 0 unspecified atom stereocenters. The number of benzene rings is 2. The molecule has 2 nitrogen and oxygen atoms in total. The molecule has 0 aliphatic carbocycles. The number of carbonyl (C=O) groups is 1. The van der Waals surface area contributed by atoms with Gasteiger partial charge in [0, 0.05) is 17.1 Å². The molecular weight excluding hydrogens is 282 g/mol. The Balaban J connectivity index is 1.98. The molecule has 2 aromatic carbocycles. The van der Waals surface area contributed by atoms with Crippen LogP contribution in [0.3, 0.4) is 0 Å². The van der Waals surface area contributed by atoms with Gasteiger partial charge in [-0.3, -0.25) is 9.69 Å². The summed E-state index contributed by atoms with van der Waals surface area (Å²) in [5.74, 6) is 0.148. The number of halogens is 1. The molecule has 0 heterocycles. The minimum Gasteiger partial charge on any atom is -0.295 e. The van der Waals surface area contributed by atoms with Crippen molar-refractivity contribution >= 4 is 17.4 Å². The van der Waals surface area contributed by atoms with Crippen molar-refractivity contribution in [3.63, 3.8) is 0 Å². The van der Waals surface area contributed by atoms with Gasteiger partial charge >= 0.3 is 0 Å². The minimum absolute atomic E-state index is 0.148. The number of Topliss-reactive ketones (excluding diaryl/α,β-unsaturated/α-hetero) is 1. The summed E-state index contributed by atoms with van der Waals surface area (Å²) in [7, 11) is 1.95. The van der Waals surface area contributed by atoms with Crippen molar-refractivity contribution in [3.8, 4) is 0 Å². The Hall–Kier alpha value is -1.64. The van der Waals surface area contributed by atoms with Crippen LogP contribution in [0.1, 0.15) is 27.0 Å². The Labute approximate surface area is 131 Å². The summed E-state index contributed by atoms with van der Waals surface area (Å²) in [5, 5.41) is 0.729. The molecule has 0 atom stereocenters. The van der Waals surface area contributed by atoms with Gasteiger partial charge in [0.15, 0.2) is 5.78 Å². The van der Waals surface area contributed by atoms with E-state index in [2.05, 4.69) is 6.92 Å². The average Bonchev–Trinajstić information content (AvgIpc) is 2.44. The van der Waals surface area contributed by atoms with Crippen LogP contribution in [0.15, 0.2) is 42.5 Å².